The van der Waals surface area contributed by atoms with E-state index >= 15 is 0 Å². The summed E-state index contributed by atoms with van der Waals surface area (Å²) in [5.74, 6) is 0. The van der Waals surface area contributed by atoms with Gasteiger partial charge in [-0.15, -0.1) is 0 Å². The summed E-state index contributed by atoms with van der Waals surface area (Å²) in [4.78, 5) is 16.3. The monoisotopic (exact) mass is 239 g/mol. The topological polar surface area (TPSA) is 39.3 Å². The predicted octanol–water partition coefficient (Wildman–Crippen LogP) is 1.85. The minimum atomic E-state index is -0.0431. The van der Waals surface area contributed by atoms with Crippen molar-refractivity contribution >= 4 is 5.65 Å². The lowest BCUT2D eigenvalue weighted by Gasteiger charge is -2.06. The summed E-state index contributed by atoms with van der Waals surface area (Å²) in [5, 5.41) is 0. The highest BCUT2D eigenvalue weighted by atomic mass is 16.1. The molecule has 1 aromatic carbocycles. The van der Waals surface area contributed by atoms with E-state index in [0.717, 1.165) is 11.3 Å². The van der Waals surface area contributed by atoms with Crippen molar-refractivity contribution in [3.05, 3.63) is 70.3 Å². The lowest BCUT2D eigenvalue weighted by atomic mass is 10.2. The quantitative estimate of drug-likeness (QED) is 0.684. The van der Waals surface area contributed by atoms with Gasteiger partial charge >= 0.3 is 0 Å². The molecule has 0 fully saturated rings. The molecule has 2 heterocycles. The zero-order chi connectivity index (χ0) is 12.5. The van der Waals surface area contributed by atoms with Crippen molar-refractivity contribution in [1.29, 1.82) is 0 Å². The minimum Gasteiger partial charge on any atom is -0.279 e. The zero-order valence-corrected chi connectivity index (χ0v) is 10.1. The molecule has 0 N–H and O–H groups in total. The average molecular weight is 239 g/mol. The standard InChI is InChI=1S/C14H13N3O/c1-11-9-14(18)17-13(15-11)7-8-16(17)10-12-5-3-2-4-6-12/h2-9H,10H2,1H3. The molecule has 0 aliphatic rings. The van der Waals surface area contributed by atoms with Crippen LogP contribution in [0, 0.1) is 6.92 Å². The van der Waals surface area contributed by atoms with Crippen molar-refractivity contribution in [2.75, 3.05) is 0 Å². The fourth-order valence-corrected chi connectivity index (χ4v) is 2.09. The van der Waals surface area contributed by atoms with Crippen LogP contribution in [0.4, 0.5) is 0 Å². The second-order valence-electron chi connectivity index (χ2n) is 4.30. The van der Waals surface area contributed by atoms with Crippen LogP contribution in [0.5, 0.6) is 0 Å². The molecule has 3 rings (SSSR count). The Morgan fingerprint density at radius 3 is 2.72 bits per heavy atom. The molecule has 18 heavy (non-hydrogen) atoms. The van der Waals surface area contributed by atoms with E-state index in [1.54, 1.807) is 10.6 Å². The van der Waals surface area contributed by atoms with Crippen molar-refractivity contribution in [3.63, 3.8) is 0 Å². The van der Waals surface area contributed by atoms with Crippen molar-refractivity contribution in [1.82, 2.24) is 14.2 Å². The molecule has 0 amide bonds. The van der Waals surface area contributed by atoms with Crippen LogP contribution < -0.4 is 5.56 Å². The molecular weight excluding hydrogens is 226 g/mol. The highest BCUT2D eigenvalue weighted by Gasteiger charge is 2.05. The molecule has 0 atom stereocenters. The first-order chi connectivity index (χ1) is 8.74. The summed E-state index contributed by atoms with van der Waals surface area (Å²) in [7, 11) is 0. The SMILES string of the molecule is Cc1cc(=O)n2c(ccn2Cc2ccccc2)n1. The average Bonchev–Trinajstić information content (AvgIpc) is 2.73. The number of fused-ring (bicyclic) bond motifs is 1. The molecule has 0 aliphatic carbocycles. The van der Waals surface area contributed by atoms with Crippen molar-refractivity contribution in [3.8, 4) is 0 Å². The molecule has 0 spiro atoms. The Morgan fingerprint density at radius 2 is 1.94 bits per heavy atom. The first-order valence-corrected chi connectivity index (χ1v) is 5.84. The summed E-state index contributed by atoms with van der Waals surface area (Å²) in [6, 6.07) is 13.5. The Balaban J connectivity index is 2.11. The summed E-state index contributed by atoms with van der Waals surface area (Å²) >= 11 is 0. The summed E-state index contributed by atoms with van der Waals surface area (Å²) in [6.07, 6.45) is 1.89. The maximum atomic E-state index is 12.0. The van der Waals surface area contributed by atoms with E-state index in [1.165, 1.54) is 0 Å². The first kappa shape index (κ1) is 10.8. The van der Waals surface area contributed by atoms with Gasteiger partial charge in [0.2, 0.25) is 0 Å². The molecule has 0 bridgehead atoms. The fourth-order valence-electron chi connectivity index (χ4n) is 2.09. The van der Waals surface area contributed by atoms with Gasteiger partial charge in [-0.25, -0.2) is 4.98 Å². The molecular formula is C14H13N3O. The van der Waals surface area contributed by atoms with Gasteiger partial charge in [0.25, 0.3) is 5.56 Å². The number of nitrogens with zero attached hydrogens (tertiary/aromatic N) is 3. The van der Waals surface area contributed by atoms with E-state index in [-0.39, 0.29) is 5.56 Å². The van der Waals surface area contributed by atoms with Crippen LogP contribution in [0.25, 0.3) is 5.65 Å². The molecule has 0 saturated carbocycles. The molecule has 0 unspecified atom stereocenters. The van der Waals surface area contributed by atoms with E-state index < -0.39 is 0 Å². The zero-order valence-electron chi connectivity index (χ0n) is 10.1. The van der Waals surface area contributed by atoms with Crippen molar-refractivity contribution < 1.29 is 0 Å². The third-order valence-corrected chi connectivity index (χ3v) is 2.89. The maximum Gasteiger partial charge on any atom is 0.273 e. The van der Waals surface area contributed by atoms with Crippen LogP contribution in [-0.4, -0.2) is 14.2 Å². The molecule has 90 valence electrons. The summed E-state index contributed by atoms with van der Waals surface area (Å²) in [6.45, 7) is 2.49. The highest BCUT2D eigenvalue weighted by molar-refractivity contribution is 5.37. The Labute approximate surface area is 104 Å². The minimum absolute atomic E-state index is 0.0431. The Kier molecular flexibility index (Phi) is 2.48. The number of hydrogen-bond acceptors (Lipinski definition) is 2. The van der Waals surface area contributed by atoms with Gasteiger partial charge in [-0.1, -0.05) is 30.3 Å². The molecule has 2 aromatic heterocycles. The van der Waals surface area contributed by atoms with Gasteiger partial charge in [0.05, 0.1) is 6.54 Å². The molecule has 4 nitrogen and oxygen atoms in total. The van der Waals surface area contributed by atoms with Crippen LogP contribution in [0.15, 0.2) is 53.5 Å². The van der Waals surface area contributed by atoms with E-state index in [9.17, 15) is 4.79 Å². The number of hydrogen-bond donors (Lipinski definition) is 0. The lowest BCUT2D eigenvalue weighted by molar-refractivity contribution is 0.620. The van der Waals surface area contributed by atoms with Crippen LogP contribution in [0.2, 0.25) is 0 Å². The van der Waals surface area contributed by atoms with E-state index in [2.05, 4.69) is 4.98 Å². The van der Waals surface area contributed by atoms with Crippen LogP contribution in [-0.2, 0) is 6.54 Å². The Hall–Kier alpha value is -2.36. The predicted molar refractivity (Wildman–Crippen MR) is 69.7 cm³/mol. The van der Waals surface area contributed by atoms with Gasteiger partial charge in [-0.2, -0.15) is 4.52 Å². The van der Waals surface area contributed by atoms with Crippen molar-refractivity contribution in [2.24, 2.45) is 0 Å². The normalized spacial score (nSPS) is 10.9. The molecule has 4 heteroatoms. The van der Waals surface area contributed by atoms with E-state index in [1.807, 2.05) is 54.2 Å². The molecule has 0 aliphatic heterocycles. The van der Waals surface area contributed by atoms with Crippen LogP contribution in [0.1, 0.15) is 11.3 Å². The Morgan fingerprint density at radius 1 is 1.17 bits per heavy atom. The number of aromatic nitrogens is 3. The van der Waals surface area contributed by atoms with Gasteiger partial charge in [-0.05, 0) is 12.5 Å². The number of rotatable bonds is 2. The summed E-state index contributed by atoms with van der Waals surface area (Å²) in [5.41, 5.74) is 2.55. The third-order valence-electron chi connectivity index (χ3n) is 2.89. The lowest BCUT2D eigenvalue weighted by Crippen LogP contribution is -2.21. The third kappa shape index (κ3) is 1.82. The number of benzene rings is 1. The summed E-state index contributed by atoms with van der Waals surface area (Å²) < 4.78 is 3.47. The number of aryl methyl sites for hydroxylation is 1. The van der Waals surface area contributed by atoms with Crippen LogP contribution >= 0.6 is 0 Å². The first-order valence-electron chi connectivity index (χ1n) is 5.84. The van der Waals surface area contributed by atoms with Gasteiger partial charge in [0.15, 0.2) is 5.65 Å². The maximum absolute atomic E-state index is 12.0. The molecule has 3 aromatic rings. The molecule has 0 radical (unpaired) electrons. The second kappa shape index (κ2) is 4.14. The fraction of sp³-hybridized carbons (Fsp3) is 0.143. The van der Waals surface area contributed by atoms with Crippen molar-refractivity contribution in [2.45, 2.75) is 13.5 Å². The van der Waals surface area contributed by atoms with Gasteiger partial charge in [-0.3, -0.25) is 9.48 Å². The molecule has 0 saturated heterocycles. The highest BCUT2D eigenvalue weighted by Crippen LogP contribution is 2.05. The van der Waals surface area contributed by atoms with Gasteiger partial charge in [0, 0.05) is 24.0 Å². The van der Waals surface area contributed by atoms with E-state index in [0.29, 0.717) is 12.2 Å². The largest absolute Gasteiger partial charge is 0.279 e. The van der Waals surface area contributed by atoms with Crippen LogP contribution in [0.3, 0.4) is 0 Å². The Bertz CT molecular complexity index is 741. The van der Waals surface area contributed by atoms with Gasteiger partial charge in [0.1, 0.15) is 0 Å². The van der Waals surface area contributed by atoms with Gasteiger partial charge < -0.3 is 0 Å². The smallest absolute Gasteiger partial charge is 0.273 e. The second-order valence-corrected chi connectivity index (χ2v) is 4.30. The van der Waals surface area contributed by atoms with E-state index in [4.69, 9.17) is 0 Å².